The van der Waals surface area contributed by atoms with Gasteiger partial charge in [-0.15, -0.1) is 0 Å². The van der Waals surface area contributed by atoms with E-state index in [2.05, 4.69) is 60.5 Å². The van der Waals surface area contributed by atoms with E-state index >= 15 is 0 Å². The molecule has 2 unspecified atom stereocenters. The van der Waals surface area contributed by atoms with Crippen molar-refractivity contribution in [2.75, 3.05) is 20.2 Å². The van der Waals surface area contributed by atoms with E-state index in [1.54, 1.807) is 7.11 Å². The van der Waals surface area contributed by atoms with Crippen LogP contribution in [0.3, 0.4) is 0 Å². The predicted molar refractivity (Wildman–Crippen MR) is 87.8 cm³/mol. The summed E-state index contributed by atoms with van der Waals surface area (Å²) in [5, 5.41) is 6.04. The maximum absolute atomic E-state index is 5.49. The van der Waals surface area contributed by atoms with Crippen LogP contribution in [0.5, 0.6) is 5.75 Å². The van der Waals surface area contributed by atoms with Gasteiger partial charge in [0.25, 0.3) is 0 Å². The topological polar surface area (TPSA) is 24.5 Å². The summed E-state index contributed by atoms with van der Waals surface area (Å²) in [6.45, 7) is 7.71. The van der Waals surface area contributed by atoms with Gasteiger partial charge in [0.1, 0.15) is 5.75 Å². The van der Waals surface area contributed by atoms with Crippen LogP contribution >= 0.6 is 0 Å². The van der Waals surface area contributed by atoms with Crippen molar-refractivity contribution in [1.29, 1.82) is 0 Å². The Kier molecular flexibility index (Phi) is 4.13. The van der Waals surface area contributed by atoms with E-state index in [0.29, 0.717) is 12.1 Å². The zero-order valence-electron chi connectivity index (χ0n) is 13.1. The van der Waals surface area contributed by atoms with Crippen molar-refractivity contribution < 1.29 is 4.74 Å². The fourth-order valence-electron chi connectivity index (χ4n) is 3.19. The lowest BCUT2D eigenvalue weighted by Crippen LogP contribution is -2.53. The van der Waals surface area contributed by atoms with E-state index in [-0.39, 0.29) is 0 Å². The smallest absolute Gasteiger partial charge is 0.126 e. The van der Waals surface area contributed by atoms with Crippen LogP contribution in [-0.2, 0) is 6.54 Å². The molecule has 112 valence electrons. The van der Waals surface area contributed by atoms with Gasteiger partial charge in [-0.05, 0) is 30.9 Å². The molecule has 1 saturated heterocycles. The van der Waals surface area contributed by atoms with Gasteiger partial charge >= 0.3 is 0 Å². The van der Waals surface area contributed by atoms with E-state index in [9.17, 15) is 0 Å². The Morgan fingerprint density at radius 3 is 2.67 bits per heavy atom. The second-order valence-electron chi connectivity index (χ2n) is 6.06. The van der Waals surface area contributed by atoms with Crippen molar-refractivity contribution >= 4 is 10.8 Å². The van der Waals surface area contributed by atoms with E-state index in [4.69, 9.17) is 4.74 Å². The molecule has 1 heterocycles. The Hall–Kier alpha value is -1.58. The van der Waals surface area contributed by atoms with E-state index in [0.717, 1.165) is 25.4 Å². The number of benzene rings is 2. The fraction of sp³-hybridized carbons (Fsp3) is 0.444. The van der Waals surface area contributed by atoms with Crippen LogP contribution in [0.2, 0.25) is 0 Å². The first kappa shape index (κ1) is 14.4. The van der Waals surface area contributed by atoms with Gasteiger partial charge in [-0.25, -0.2) is 0 Å². The Labute approximate surface area is 126 Å². The maximum Gasteiger partial charge on any atom is 0.126 e. The van der Waals surface area contributed by atoms with Crippen LogP contribution in [-0.4, -0.2) is 37.2 Å². The number of nitrogens with zero attached hydrogens (tertiary/aromatic N) is 1. The highest BCUT2D eigenvalue weighted by molar-refractivity contribution is 5.91. The van der Waals surface area contributed by atoms with Crippen molar-refractivity contribution in [3.63, 3.8) is 0 Å². The molecule has 0 amide bonds. The second kappa shape index (κ2) is 6.04. The molecule has 0 aliphatic carbocycles. The summed E-state index contributed by atoms with van der Waals surface area (Å²) in [6, 6.07) is 14.0. The van der Waals surface area contributed by atoms with Gasteiger partial charge in [-0.2, -0.15) is 0 Å². The standard InChI is InChI=1S/C18H24N2O/c1-13-11-20(14(2)10-19-13)12-15-8-9-18(21-3)17-7-5-4-6-16(15)17/h4-9,13-14,19H,10-12H2,1-3H3. The monoisotopic (exact) mass is 284 g/mol. The van der Waals surface area contributed by atoms with Gasteiger partial charge in [-0.1, -0.05) is 30.3 Å². The molecule has 0 spiro atoms. The Bertz CT molecular complexity index is 626. The van der Waals surface area contributed by atoms with Crippen molar-refractivity contribution in [3.05, 3.63) is 42.0 Å². The van der Waals surface area contributed by atoms with Crippen LogP contribution in [0.4, 0.5) is 0 Å². The lowest BCUT2D eigenvalue weighted by atomic mass is 10.0. The van der Waals surface area contributed by atoms with Crippen molar-refractivity contribution in [2.24, 2.45) is 0 Å². The molecule has 1 fully saturated rings. The minimum atomic E-state index is 0.561. The number of ether oxygens (including phenoxy) is 1. The molecular formula is C18H24N2O. The minimum Gasteiger partial charge on any atom is -0.496 e. The summed E-state index contributed by atoms with van der Waals surface area (Å²) in [7, 11) is 1.74. The molecule has 1 aliphatic heterocycles. The van der Waals surface area contributed by atoms with Crippen LogP contribution in [0.25, 0.3) is 10.8 Å². The molecular weight excluding hydrogens is 260 g/mol. The van der Waals surface area contributed by atoms with Gasteiger partial charge in [0.2, 0.25) is 0 Å². The molecule has 0 aromatic heterocycles. The minimum absolute atomic E-state index is 0.561. The molecule has 1 aliphatic rings. The van der Waals surface area contributed by atoms with Crippen LogP contribution in [0.15, 0.2) is 36.4 Å². The van der Waals surface area contributed by atoms with Gasteiger partial charge in [-0.3, -0.25) is 4.90 Å². The SMILES string of the molecule is COc1ccc(CN2CC(C)NCC2C)c2ccccc12. The first-order chi connectivity index (χ1) is 10.2. The van der Waals surface area contributed by atoms with Gasteiger partial charge in [0, 0.05) is 37.1 Å². The van der Waals surface area contributed by atoms with Crippen LogP contribution < -0.4 is 10.1 Å². The van der Waals surface area contributed by atoms with E-state index < -0.39 is 0 Å². The highest BCUT2D eigenvalue weighted by Gasteiger charge is 2.22. The highest BCUT2D eigenvalue weighted by Crippen LogP contribution is 2.29. The summed E-state index contributed by atoms with van der Waals surface area (Å²) in [4.78, 5) is 2.56. The molecule has 3 nitrogen and oxygen atoms in total. The Morgan fingerprint density at radius 2 is 1.90 bits per heavy atom. The number of rotatable bonds is 3. The third kappa shape index (κ3) is 2.89. The number of hydrogen-bond acceptors (Lipinski definition) is 3. The Morgan fingerprint density at radius 1 is 1.14 bits per heavy atom. The molecule has 21 heavy (non-hydrogen) atoms. The molecule has 1 N–H and O–H groups in total. The number of piperazine rings is 1. The largest absolute Gasteiger partial charge is 0.496 e. The summed E-state index contributed by atoms with van der Waals surface area (Å²) in [6.07, 6.45) is 0. The average Bonchev–Trinajstić information content (AvgIpc) is 2.51. The zero-order chi connectivity index (χ0) is 14.8. The lowest BCUT2D eigenvalue weighted by molar-refractivity contribution is 0.139. The van der Waals surface area contributed by atoms with Crippen molar-refractivity contribution in [2.45, 2.75) is 32.5 Å². The van der Waals surface area contributed by atoms with Gasteiger partial charge < -0.3 is 10.1 Å². The molecule has 0 saturated carbocycles. The molecule has 0 radical (unpaired) electrons. The quantitative estimate of drug-likeness (QED) is 0.937. The van der Waals surface area contributed by atoms with Crippen LogP contribution in [0.1, 0.15) is 19.4 Å². The normalized spacial score (nSPS) is 23.4. The highest BCUT2D eigenvalue weighted by atomic mass is 16.5. The number of nitrogens with one attached hydrogen (secondary N) is 1. The van der Waals surface area contributed by atoms with Crippen molar-refractivity contribution in [1.82, 2.24) is 10.2 Å². The Balaban J connectivity index is 1.94. The third-order valence-corrected chi connectivity index (χ3v) is 4.46. The number of methoxy groups -OCH3 is 1. The summed E-state index contributed by atoms with van der Waals surface area (Å²) in [5.74, 6) is 0.955. The average molecular weight is 284 g/mol. The first-order valence-corrected chi connectivity index (χ1v) is 7.71. The lowest BCUT2D eigenvalue weighted by Gasteiger charge is -2.37. The number of hydrogen-bond donors (Lipinski definition) is 1. The maximum atomic E-state index is 5.49. The zero-order valence-corrected chi connectivity index (χ0v) is 13.1. The van der Waals surface area contributed by atoms with E-state index in [1.165, 1.54) is 16.3 Å². The van der Waals surface area contributed by atoms with E-state index in [1.807, 2.05) is 0 Å². The van der Waals surface area contributed by atoms with Gasteiger partial charge in [0.15, 0.2) is 0 Å². The first-order valence-electron chi connectivity index (χ1n) is 7.71. The van der Waals surface area contributed by atoms with Crippen LogP contribution in [0, 0.1) is 0 Å². The number of fused-ring (bicyclic) bond motifs is 1. The molecule has 3 rings (SSSR count). The van der Waals surface area contributed by atoms with Gasteiger partial charge in [0.05, 0.1) is 7.11 Å². The molecule has 2 aromatic rings. The summed E-state index contributed by atoms with van der Waals surface area (Å²) < 4.78 is 5.49. The predicted octanol–water partition coefficient (Wildman–Crippen LogP) is 3.03. The molecule has 0 bridgehead atoms. The molecule has 3 heteroatoms. The summed E-state index contributed by atoms with van der Waals surface area (Å²) >= 11 is 0. The second-order valence-corrected chi connectivity index (χ2v) is 6.06. The summed E-state index contributed by atoms with van der Waals surface area (Å²) in [5.41, 5.74) is 1.38. The molecule has 2 atom stereocenters. The fourth-order valence-corrected chi connectivity index (χ4v) is 3.19. The third-order valence-electron chi connectivity index (χ3n) is 4.46. The van der Waals surface area contributed by atoms with Crippen molar-refractivity contribution in [3.8, 4) is 5.75 Å². The molecule has 2 aromatic carbocycles.